The summed E-state index contributed by atoms with van der Waals surface area (Å²) in [5.74, 6) is 0.845. The molecule has 3 atom stereocenters. The minimum Gasteiger partial charge on any atom is -0.445 e. The van der Waals surface area contributed by atoms with Gasteiger partial charge in [0.05, 0.1) is 6.04 Å². The first-order valence-corrected chi connectivity index (χ1v) is 12.2. The van der Waals surface area contributed by atoms with Crippen LogP contribution in [0.1, 0.15) is 46.1 Å². The Kier molecular flexibility index (Phi) is 13.5. The quantitative estimate of drug-likeness (QED) is 0.312. The standard InChI is InChI=1S/C23H37N3O5S/c1-5-18(20(27)22(29)24-12-13-32-6-2)25-21(28)19(14-16(3)4)26-23(30)31-15-17-10-8-7-9-11-17/h7-11,16,18-20,27H,5-6,12-15H2,1-4H3,(H,24,29)(H,25,28)(H,26,30)/t18-,19-,20?/m0/s1. The van der Waals surface area contributed by atoms with E-state index in [4.69, 9.17) is 4.74 Å². The molecule has 0 saturated carbocycles. The third-order valence-corrected chi connectivity index (χ3v) is 5.60. The number of nitrogens with one attached hydrogen (secondary N) is 3. The fourth-order valence-corrected chi connectivity index (χ4v) is 3.51. The monoisotopic (exact) mass is 467 g/mol. The van der Waals surface area contributed by atoms with Crippen LogP contribution in [-0.4, -0.2) is 59.3 Å². The van der Waals surface area contributed by atoms with E-state index in [1.54, 1.807) is 18.7 Å². The number of hydrogen-bond donors (Lipinski definition) is 4. The molecule has 1 aromatic rings. The second kappa shape index (κ2) is 15.5. The molecule has 0 saturated heterocycles. The van der Waals surface area contributed by atoms with Gasteiger partial charge in [-0.15, -0.1) is 0 Å². The van der Waals surface area contributed by atoms with Crippen molar-refractivity contribution in [1.82, 2.24) is 16.0 Å². The first-order chi connectivity index (χ1) is 15.3. The molecule has 0 aliphatic heterocycles. The summed E-state index contributed by atoms with van der Waals surface area (Å²) < 4.78 is 5.23. The molecule has 1 unspecified atom stereocenters. The van der Waals surface area contributed by atoms with Gasteiger partial charge in [0.1, 0.15) is 12.6 Å². The van der Waals surface area contributed by atoms with Crippen LogP contribution in [0.5, 0.6) is 0 Å². The van der Waals surface area contributed by atoms with E-state index in [1.807, 2.05) is 51.1 Å². The third-order valence-electron chi connectivity index (χ3n) is 4.70. The summed E-state index contributed by atoms with van der Waals surface area (Å²) in [7, 11) is 0. The average molecular weight is 468 g/mol. The molecule has 1 rings (SSSR count). The minimum atomic E-state index is -1.37. The summed E-state index contributed by atoms with van der Waals surface area (Å²) in [6, 6.07) is 7.63. The van der Waals surface area contributed by atoms with E-state index in [0.717, 1.165) is 17.1 Å². The van der Waals surface area contributed by atoms with Crippen molar-refractivity contribution in [3.8, 4) is 0 Å². The second-order valence-corrected chi connectivity index (χ2v) is 9.24. The summed E-state index contributed by atoms with van der Waals surface area (Å²) in [4.78, 5) is 37.3. The van der Waals surface area contributed by atoms with Crippen molar-refractivity contribution >= 4 is 29.7 Å². The van der Waals surface area contributed by atoms with Crippen LogP contribution in [-0.2, 0) is 20.9 Å². The summed E-state index contributed by atoms with van der Waals surface area (Å²) in [5.41, 5.74) is 0.838. The highest BCUT2D eigenvalue weighted by atomic mass is 32.2. The lowest BCUT2D eigenvalue weighted by atomic mass is 10.0. The molecule has 0 aliphatic rings. The fraction of sp³-hybridized carbons (Fsp3) is 0.609. The van der Waals surface area contributed by atoms with Crippen molar-refractivity contribution in [3.63, 3.8) is 0 Å². The van der Waals surface area contributed by atoms with Crippen molar-refractivity contribution in [2.75, 3.05) is 18.1 Å². The number of aliphatic hydroxyl groups excluding tert-OH is 1. The number of alkyl carbamates (subject to hydrolysis) is 1. The van der Waals surface area contributed by atoms with Crippen molar-refractivity contribution in [2.45, 2.75) is 65.3 Å². The fourth-order valence-electron chi connectivity index (χ4n) is 2.98. The molecule has 0 bridgehead atoms. The summed E-state index contributed by atoms with van der Waals surface area (Å²) in [6.45, 7) is 8.21. The molecule has 4 N–H and O–H groups in total. The molecule has 3 amide bonds. The highest BCUT2D eigenvalue weighted by Gasteiger charge is 2.30. The molecule has 9 heteroatoms. The number of carbonyl (C=O) groups excluding carboxylic acids is 3. The Morgan fingerprint density at radius 3 is 2.34 bits per heavy atom. The van der Waals surface area contributed by atoms with Gasteiger partial charge in [-0.2, -0.15) is 11.8 Å². The minimum absolute atomic E-state index is 0.0927. The summed E-state index contributed by atoms with van der Waals surface area (Å²) in [6.07, 6.45) is -1.33. The van der Waals surface area contributed by atoms with Gasteiger partial charge >= 0.3 is 6.09 Å². The average Bonchev–Trinajstić information content (AvgIpc) is 2.78. The Morgan fingerprint density at radius 1 is 1.06 bits per heavy atom. The zero-order valence-corrected chi connectivity index (χ0v) is 20.2. The maximum atomic E-state index is 12.9. The Morgan fingerprint density at radius 2 is 1.75 bits per heavy atom. The van der Waals surface area contributed by atoms with Crippen LogP contribution in [0.15, 0.2) is 30.3 Å². The molecule has 0 radical (unpaired) electrons. The lowest BCUT2D eigenvalue weighted by Gasteiger charge is -2.26. The molecule has 0 fully saturated rings. The molecular formula is C23H37N3O5S. The molecule has 0 spiro atoms. The first kappa shape index (κ1) is 27.8. The second-order valence-electron chi connectivity index (χ2n) is 7.84. The van der Waals surface area contributed by atoms with Gasteiger partial charge in [0.15, 0.2) is 6.10 Å². The highest BCUT2D eigenvalue weighted by molar-refractivity contribution is 7.99. The molecular weight excluding hydrogens is 430 g/mol. The van der Waals surface area contributed by atoms with Crippen molar-refractivity contribution in [2.24, 2.45) is 5.92 Å². The van der Waals surface area contributed by atoms with Gasteiger partial charge in [0.25, 0.3) is 5.91 Å². The topological polar surface area (TPSA) is 117 Å². The van der Waals surface area contributed by atoms with Crippen LogP contribution in [0.2, 0.25) is 0 Å². The number of thioether (sulfide) groups is 1. The van der Waals surface area contributed by atoms with E-state index in [2.05, 4.69) is 16.0 Å². The maximum absolute atomic E-state index is 12.9. The summed E-state index contributed by atoms with van der Waals surface area (Å²) >= 11 is 1.69. The van der Waals surface area contributed by atoms with Gasteiger partial charge in [-0.1, -0.05) is 58.0 Å². The molecule has 0 heterocycles. The zero-order valence-electron chi connectivity index (χ0n) is 19.4. The molecule has 32 heavy (non-hydrogen) atoms. The summed E-state index contributed by atoms with van der Waals surface area (Å²) in [5, 5.41) is 18.4. The van der Waals surface area contributed by atoms with Crippen LogP contribution in [0.4, 0.5) is 4.79 Å². The number of aliphatic hydroxyl groups is 1. The smallest absolute Gasteiger partial charge is 0.408 e. The lowest BCUT2D eigenvalue weighted by Crippen LogP contribution is -2.55. The van der Waals surface area contributed by atoms with Crippen LogP contribution in [0.3, 0.4) is 0 Å². The molecule has 180 valence electrons. The zero-order chi connectivity index (χ0) is 23.9. The van der Waals surface area contributed by atoms with Crippen LogP contribution in [0.25, 0.3) is 0 Å². The van der Waals surface area contributed by atoms with Crippen molar-refractivity contribution < 1.29 is 24.2 Å². The van der Waals surface area contributed by atoms with Crippen molar-refractivity contribution in [3.05, 3.63) is 35.9 Å². The number of hydrogen-bond acceptors (Lipinski definition) is 6. The van der Waals surface area contributed by atoms with Gasteiger partial charge in [0, 0.05) is 12.3 Å². The van der Waals surface area contributed by atoms with Gasteiger partial charge in [-0.3, -0.25) is 9.59 Å². The largest absolute Gasteiger partial charge is 0.445 e. The predicted molar refractivity (Wildman–Crippen MR) is 127 cm³/mol. The van der Waals surface area contributed by atoms with Gasteiger partial charge in [-0.25, -0.2) is 4.79 Å². The van der Waals surface area contributed by atoms with Gasteiger partial charge in [0.2, 0.25) is 5.91 Å². The Hall–Kier alpha value is -2.26. The first-order valence-electron chi connectivity index (χ1n) is 11.1. The number of amides is 3. The van der Waals surface area contributed by atoms with E-state index < -0.39 is 36.1 Å². The Balaban J connectivity index is 2.65. The third kappa shape index (κ3) is 10.9. The maximum Gasteiger partial charge on any atom is 0.408 e. The highest BCUT2D eigenvalue weighted by Crippen LogP contribution is 2.09. The van der Waals surface area contributed by atoms with Gasteiger partial charge < -0.3 is 25.8 Å². The molecule has 0 aliphatic carbocycles. The molecule has 8 nitrogen and oxygen atoms in total. The van der Waals surface area contributed by atoms with Crippen LogP contribution < -0.4 is 16.0 Å². The number of benzene rings is 1. The van der Waals surface area contributed by atoms with E-state index in [1.165, 1.54) is 0 Å². The SMILES string of the molecule is CCSCCNC(=O)C(O)[C@H](CC)NC(=O)[C@H](CC(C)C)NC(=O)OCc1ccccc1. The van der Waals surface area contributed by atoms with E-state index >= 15 is 0 Å². The van der Waals surface area contributed by atoms with E-state index in [-0.39, 0.29) is 12.5 Å². The van der Waals surface area contributed by atoms with Crippen molar-refractivity contribution in [1.29, 1.82) is 0 Å². The number of carbonyl (C=O) groups is 3. The predicted octanol–water partition coefficient (Wildman–Crippen LogP) is 2.45. The van der Waals surface area contributed by atoms with Crippen LogP contribution >= 0.6 is 11.8 Å². The number of rotatable bonds is 14. The number of ether oxygens (including phenoxy) is 1. The molecule has 0 aromatic heterocycles. The van der Waals surface area contributed by atoms with E-state index in [0.29, 0.717) is 19.4 Å². The van der Waals surface area contributed by atoms with Crippen LogP contribution in [0, 0.1) is 5.92 Å². The normalized spacial score (nSPS) is 13.7. The lowest BCUT2D eigenvalue weighted by molar-refractivity contribution is -0.132. The Bertz CT molecular complexity index is 702. The van der Waals surface area contributed by atoms with E-state index in [9.17, 15) is 19.5 Å². The molecule has 1 aromatic carbocycles. The van der Waals surface area contributed by atoms with Gasteiger partial charge in [-0.05, 0) is 30.1 Å². The Labute approximate surface area is 195 Å².